The lowest BCUT2D eigenvalue weighted by Crippen LogP contribution is -2.36. The molecule has 0 aliphatic carbocycles. The number of rotatable bonds is 5. The first kappa shape index (κ1) is 17.1. The van der Waals surface area contributed by atoms with E-state index < -0.39 is 0 Å². The molecule has 1 heterocycles. The fraction of sp³-hybridized carbons (Fsp3) is 0.143. The van der Waals surface area contributed by atoms with E-state index in [1.165, 1.54) is 11.1 Å². The zero-order valence-corrected chi connectivity index (χ0v) is 15.0. The predicted molar refractivity (Wildman–Crippen MR) is 108 cm³/mol. The average Bonchev–Trinajstić information content (AvgIpc) is 2.63. The maximum absolute atomic E-state index is 6.03. The fourth-order valence-electron chi connectivity index (χ4n) is 2.85. The second-order valence-electron chi connectivity index (χ2n) is 6.00. The number of nitrogens with two attached hydrogens (primary N) is 1. The quantitative estimate of drug-likeness (QED) is 0.701. The number of pyridine rings is 1. The SMILES string of the molecule is Cc1ccccc1Cc1cccnc1N(Cc1ccccc1)C(N)=S. The molecule has 1 aromatic heterocycles. The van der Waals surface area contributed by atoms with E-state index in [1.807, 2.05) is 29.2 Å². The van der Waals surface area contributed by atoms with E-state index in [2.05, 4.69) is 54.4 Å². The van der Waals surface area contributed by atoms with Gasteiger partial charge in [-0.15, -0.1) is 0 Å². The number of benzene rings is 2. The van der Waals surface area contributed by atoms with Crippen LogP contribution in [0.2, 0.25) is 0 Å². The Balaban J connectivity index is 1.94. The van der Waals surface area contributed by atoms with Crippen LogP contribution >= 0.6 is 12.2 Å². The third-order valence-corrected chi connectivity index (χ3v) is 4.44. The van der Waals surface area contributed by atoms with Gasteiger partial charge in [0.2, 0.25) is 0 Å². The predicted octanol–water partition coefficient (Wildman–Crippen LogP) is 4.23. The van der Waals surface area contributed by atoms with Crippen LogP contribution in [-0.2, 0) is 13.0 Å². The molecule has 25 heavy (non-hydrogen) atoms. The normalized spacial score (nSPS) is 10.4. The van der Waals surface area contributed by atoms with Gasteiger partial charge in [-0.3, -0.25) is 4.90 Å². The molecule has 126 valence electrons. The second-order valence-corrected chi connectivity index (χ2v) is 6.42. The molecule has 2 N–H and O–H groups in total. The average molecular weight is 347 g/mol. The van der Waals surface area contributed by atoms with Crippen molar-refractivity contribution in [3.63, 3.8) is 0 Å². The van der Waals surface area contributed by atoms with Crippen molar-refractivity contribution < 1.29 is 0 Å². The summed E-state index contributed by atoms with van der Waals surface area (Å²) in [6, 6.07) is 22.6. The molecular formula is C21H21N3S. The van der Waals surface area contributed by atoms with E-state index in [0.29, 0.717) is 11.7 Å². The molecular weight excluding hydrogens is 326 g/mol. The van der Waals surface area contributed by atoms with Gasteiger partial charge in [-0.1, -0.05) is 60.7 Å². The van der Waals surface area contributed by atoms with Gasteiger partial charge in [0, 0.05) is 12.6 Å². The molecule has 3 aromatic rings. The standard InChI is InChI=1S/C21H21N3S/c1-16-8-5-6-11-18(16)14-19-12-7-13-23-20(19)24(21(22)25)15-17-9-3-2-4-10-17/h2-13H,14-15H2,1H3,(H2,22,25). The molecule has 3 nitrogen and oxygen atoms in total. The highest BCUT2D eigenvalue weighted by atomic mass is 32.1. The summed E-state index contributed by atoms with van der Waals surface area (Å²) in [5.41, 5.74) is 10.8. The van der Waals surface area contributed by atoms with Crippen molar-refractivity contribution in [3.8, 4) is 0 Å². The molecule has 0 aliphatic rings. The number of aryl methyl sites for hydroxylation is 1. The van der Waals surface area contributed by atoms with Gasteiger partial charge in [0.25, 0.3) is 0 Å². The van der Waals surface area contributed by atoms with E-state index in [0.717, 1.165) is 23.4 Å². The Morgan fingerprint density at radius 3 is 2.36 bits per heavy atom. The Labute approximate surface area is 154 Å². The van der Waals surface area contributed by atoms with Crippen LogP contribution in [0.1, 0.15) is 22.3 Å². The van der Waals surface area contributed by atoms with Crippen LogP contribution in [0.25, 0.3) is 0 Å². The Morgan fingerprint density at radius 2 is 1.64 bits per heavy atom. The van der Waals surface area contributed by atoms with Crippen LogP contribution < -0.4 is 10.6 Å². The summed E-state index contributed by atoms with van der Waals surface area (Å²) >= 11 is 5.31. The molecule has 0 saturated carbocycles. The molecule has 3 rings (SSSR count). The number of nitrogens with zero attached hydrogens (tertiary/aromatic N) is 2. The summed E-state index contributed by atoms with van der Waals surface area (Å²) in [6.45, 7) is 2.73. The van der Waals surface area contributed by atoms with Gasteiger partial charge in [-0.05, 0) is 47.5 Å². The topological polar surface area (TPSA) is 42.2 Å². The molecule has 0 radical (unpaired) electrons. The molecule has 0 spiro atoms. The highest BCUT2D eigenvalue weighted by Gasteiger charge is 2.16. The molecule has 0 amide bonds. The van der Waals surface area contributed by atoms with E-state index in [9.17, 15) is 0 Å². The van der Waals surface area contributed by atoms with Crippen LogP contribution in [0, 0.1) is 6.92 Å². The van der Waals surface area contributed by atoms with E-state index in [1.54, 1.807) is 6.20 Å². The first-order valence-corrected chi connectivity index (χ1v) is 8.65. The van der Waals surface area contributed by atoms with Gasteiger partial charge in [0.15, 0.2) is 5.11 Å². The highest BCUT2D eigenvalue weighted by Crippen LogP contribution is 2.23. The third kappa shape index (κ3) is 4.22. The van der Waals surface area contributed by atoms with Crippen molar-refractivity contribution in [2.45, 2.75) is 19.9 Å². The lowest BCUT2D eigenvalue weighted by atomic mass is 10.0. The zero-order valence-electron chi connectivity index (χ0n) is 14.2. The van der Waals surface area contributed by atoms with Crippen LogP contribution in [-0.4, -0.2) is 10.1 Å². The van der Waals surface area contributed by atoms with Crippen molar-refractivity contribution in [3.05, 3.63) is 95.2 Å². The maximum Gasteiger partial charge on any atom is 0.172 e. The fourth-order valence-corrected chi connectivity index (χ4v) is 3.00. The molecule has 0 fully saturated rings. The summed E-state index contributed by atoms with van der Waals surface area (Å²) in [4.78, 5) is 6.48. The summed E-state index contributed by atoms with van der Waals surface area (Å²) in [5, 5.41) is 0.327. The molecule has 0 aliphatic heterocycles. The van der Waals surface area contributed by atoms with Gasteiger partial charge in [0.1, 0.15) is 5.82 Å². The molecule has 0 atom stereocenters. The van der Waals surface area contributed by atoms with E-state index in [-0.39, 0.29) is 0 Å². The number of thiocarbonyl (C=S) groups is 1. The van der Waals surface area contributed by atoms with Gasteiger partial charge >= 0.3 is 0 Å². The third-order valence-electron chi connectivity index (χ3n) is 4.21. The molecule has 4 heteroatoms. The van der Waals surface area contributed by atoms with Gasteiger partial charge in [-0.2, -0.15) is 0 Å². The van der Waals surface area contributed by atoms with Crippen molar-refractivity contribution in [2.24, 2.45) is 5.73 Å². The number of hydrogen-bond donors (Lipinski definition) is 1. The zero-order chi connectivity index (χ0) is 17.6. The molecule has 0 saturated heterocycles. The first-order chi connectivity index (χ1) is 12.1. The van der Waals surface area contributed by atoms with Crippen molar-refractivity contribution in [1.29, 1.82) is 0 Å². The van der Waals surface area contributed by atoms with Gasteiger partial charge < -0.3 is 5.73 Å². The van der Waals surface area contributed by atoms with E-state index in [4.69, 9.17) is 18.0 Å². The largest absolute Gasteiger partial charge is 0.376 e. The number of aromatic nitrogens is 1. The molecule has 2 aromatic carbocycles. The minimum Gasteiger partial charge on any atom is -0.376 e. The summed E-state index contributed by atoms with van der Waals surface area (Å²) in [5.74, 6) is 0.821. The first-order valence-electron chi connectivity index (χ1n) is 8.24. The van der Waals surface area contributed by atoms with Crippen LogP contribution in [0.3, 0.4) is 0 Å². The lowest BCUT2D eigenvalue weighted by Gasteiger charge is -2.24. The van der Waals surface area contributed by atoms with E-state index >= 15 is 0 Å². The van der Waals surface area contributed by atoms with Crippen molar-refractivity contribution >= 4 is 23.1 Å². The maximum atomic E-state index is 6.03. The summed E-state index contributed by atoms with van der Waals surface area (Å²) < 4.78 is 0. The molecule has 0 unspecified atom stereocenters. The second kappa shape index (κ2) is 7.90. The Morgan fingerprint density at radius 1 is 0.960 bits per heavy atom. The number of anilines is 1. The van der Waals surface area contributed by atoms with Crippen LogP contribution in [0.4, 0.5) is 5.82 Å². The highest BCUT2D eigenvalue weighted by molar-refractivity contribution is 7.80. The summed E-state index contributed by atoms with van der Waals surface area (Å²) in [7, 11) is 0. The van der Waals surface area contributed by atoms with Gasteiger partial charge in [-0.25, -0.2) is 4.98 Å². The summed E-state index contributed by atoms with van der Waals surface area (Å²) in [6.07, 6.45) is 2.58. The number of hydrogen-bond acceptors (Lipinski definition) is 2. The Hall–Kier alpha value is -2.72. The smallest absolute Gasteiger partial charge is 0.172 e. The van der Waals surface area contributed by atoms with Gasteiger partial charge in [0.05, 0.1) is 6.54 Å². The minimum absolute atomic E-state index is 0.327. The van der Waals surface area contributed by atoms with Crippen LogP contribution in [0.15, 0.2) is 72.9 Å². The Kier molecular flexibility index (Phi) is 5.41. The Bertz CT molecular complexity index is 862. The lowest BCUT2D eigenvalue weighted by molar-refractivity contribution is 0.956. The van der Waals surface area contributed by atoms with Crippen molar-refractivity contribution in [1.82, 2.24) is 4.98 Å². The molecule has 0 bridgehead atoms. The van der Waals surface area contributed by atoms with Crippen molar-refractivity contribution in [2.75, 3.05) is 4.90 Å². The minimum atomic E-state index is 0.327. The van der Waals surface area contributed by atoms with Crippen LogP contribution in [0.5, 0.6) is 0 Å². The monoisotopic (exact) mass is 347 g/mol.